The normalized spacial score (nSPS) is 17.4. The zero-order valence-electron chi connectivity index (χ0n) is 10.9. The Morgan fingerprint density at radius 1 is 1.25 bits per heavy atom. The summed E-state index contributed by atoms with van der Waals surface area (Å²) in [6.07, 6.45) is 4.64. The molecule has 1 aromatic heterocycles. The second-order valence-electron chi connectivity index (χ2n) is 4.89. The minimum atomic E-state index is 0.322. The Kier molecular flexibility index (Phi) is 3.71. The Labute approximate surface area is 122 Å². The largest absolute Gasteiger partial charge is 0.366 e. The standard InChI is InChI=1S/C14H16ClN5/c15-12-8-17-14(20-16)19-13(12)18-11-6-5-9-3-1-2-4-10(9)7-11/h1-4,8,11H,5-7,16H2,(H2,17,18,19,20). The molecule has 6 heteroatoms. The van der Waals surface area contributed by atoms with E-state index in [-0.39, 0.29) is 0 Å². The van der Waals surface area contributed by atoms with E-state index in [0.29, 0.717) is 22.8 Å². The number of halogens is 1. The number of hydrogen-bond acceptors (Lipinski definition) is 5. The molecule has 0 amide bonds. The van der Waals surface area contributed by atoms with Crippen molar-refractivity contribution in [3.05, 3.63) is 46.6 Å². The highest BCUT2D eigenvalue weighted by Gasteiger charge is 2.19. The van der Waals surface area contributed by atoms with E-state index in [0.717, 1.165) is 19.3 Å². The molecule has 20 heavy (non-hydrogen) atoms. The number of rotatable bonds is 3. The number of nitrogen functional groups attached to an aromatic ring is 1. The third-order valence-corrected chi connectivity index (χ3v) is 3.84. The second-order valence-corrected chi connectivity index (χ2v) is 5.29. The van der Waals surface area contributed by atoms with Crippen LogP contribution in [-0.4, -0.2) is 16.0 Å². The molecule has 1 aliphatic rings. The van der Waals surface area contributed by atoms with Crippen LogP contribution >= 0.6 is 11.6 Å². The third kappa shape index (κ3) is 2.69. The second kappa shape index (κ2) is 5.64. The molecule has 1 unspecified atom stereocenters. The summed E-state index contributed by atoms with van der Waals surface area (Å²) >= 11 is 6.12. The summed E-state index contributed by atoms with van der Waals surface area (Å²) in [5.41, 5.74) is 5.25. The molecule has 0 saturated carbocycles. The van der Waals surface area contributed by atoms with Crippen molar-refractivity contribution in [2.75, 3.05) is 10.7 Å². The van der Waals surface area contributed by atoms with Gasteiger partial charge in [-0.05, 0) is 30.4 Å². The monoisotopic (exact) mass is 289 g/mol. The number of benzene rings is 1. The minimum Gasteiger partial charge on any atom is -0.366 e. The van der Waals surface area contributed by atoms with Crippen LogP contribution in [0.4, 0.5) is 11.8 Å². The van der Waals surface area contributed by atoms with Crippen molar-refractivity contribution >= 4 is 23.4 Å². The van der Waals surface area contributed by atoms with Gasteiger partial charge in [-0.3, -0.25) is 5.43 Å². The highest BCUT2D eigenvalue weighted by Crippen LogP contribution is 2.26. The van der Waals surface area contributed by atoms with Crippen molar-refractivity contribution in [2.24, 2.45) is 5.84 Å². The Hall–Kier alpha value is -1.85. The van der Waals surface area contributed by atoms with Gasteiger partial charge < -0.3 is 5.32 Å². The zero-order valence-corrected chi connectivity index (χ0v) is 11.7. The van der Waals surface area contributed by atoms with E-state index < -0.39 is 0 Å². The minimum absolute atomic E-state index is 0.322. The van der Waals surface area contributed by atoms with Crippen LogP contribution in [0, 0.1) is 0 Å². The predicted octanol–water partition coefficient (Wildman–Crippen LogP) is 2.39. The maximum Gasteiger partial charge on any atom is 0.239 e. The average Bonchev–Trinajstić information content (AvgIpc) is 2.49. The number of aromatic nitrogens is 2. The topological polar surface area (TPSA) is 75.9 Å². The van der Waals surface area contributed by atoms with Gasteiger partial charge in [0, 0.05) is 6.04 Å². The number of aryl methyl sites for hydroxylation is 1. The molecule has 1 aliphatic carbocycles. The molecule has 0 aliphatic heterocycles. The van der Waals surface area contributed by atoms with E-state index in [2.05, 4.69) is 45.0 Å². The highest BCUT2D eigenvalue weighted by atomic mass is 35.5. The van der Waals surface area contributed by atoms with Crippen molar-refractivity contribution in [3.8, 4) is 0 Å². The zero-order chi connectivity index (χ0) is 13.9. The van der Waals surface area contributed by atoms with E-state index >= 15 is 0 Å². The maximum atomic E-state index is 6.12. The fourth-order valence-corrected chi connectivity index (χ4v) is 2.70. The van der Waals surface area contributed by atoms with E-state index in [1.54, 1.807) is 6.20 Å². The summed E-state index contributed by atoms with van der Waals surface area (Å²) in [6, 6.07) is 8.86. The number of nitrogens with one attached hydrogen (secondary N) is 2. The van der Waals surface area contributed by atoms with Gasteiger partial charge in [0.2, 0.25) is 5.95 Å². The molecular formula is C14H16ClN5. The molecule has 3 rings (SSSR count). The molecule has 1 atom stereocenters. The molecule has 2 aromatic rings. The number of nitrogens with two attached hydrogens (primary N) is 1. The third-order valence-electron chi connectivity index (χ3n) is 3.56. The summed E-state index contributed by atoms with van der Waals surface area (Å²) in [7, 11) is 0. The van der Waals surface area contributed by atoms with Crippen LogP contribution in [-0.2, 0) is 12.8 Å². The average molecular weight is 290 g/mol. The summed E-state index contributed by atoms with van der Waals surface area (Å²) < 4.78 is 0. The smallest absolute Gasteiger partial charge is 0.239 e. The summed E-state index contributed by atoms with van der Waals surface area (Å²) in [5, 5.41) is 3.89. The summed E-state index contributed by atoms with van der Waals surface area (Å²) in [6.45, 7) is 0. The molecule has 4 N–H and O–H groups in total. The predicted molar refractivity (Wildman–Crippen MR) is 80.7 cm³/mol. The van der Waals surface area contributed by atoms with Crippen LogP contribution in [0.25, 0.3) is 0 Å². The van der Waals surface area contributed by atoms with Gasteiger partial charge in [-0.15, -0.1) is 0 Å². The van der Waals surface area contributed by atoms with Gasteiger partial charge in [-0.25, -0.2) is 10.8 Å². The molecule has 0 spiro atoms. The van der Waals surface area contributed by atoms with Crippen molar-refractivity contribution in [1.82, 2.24) is 9.97 Å². The maximum absolute atomic E-state index is 6.12. The highest BCUT2D eigenvalue weighted by molar-refractivity contribution is 6.32. The first-order valence-corrected chi connectivity index (χ1v) is 6.96. The Balaban J connectivity index is 1.76. The molecule has 0 saturated heterocycles. The number of hydrogen-bond donors (Lipinski definition) is 3. The Morgan fingerprint density at radius 2 is 2.05 bits per heavy atom. The first-order chi connectivity index (χ1) is 9.76. The van der Waals surface area contributed by atoms with Gasteiger partial charge in [0.1, 0.15) is 5.02 Å². The first-order valence-electron chi connectivity index (χ1n) is 6.58. The fraction of sp³-hybridized carbons (Fsp3) is 0.286. The van der Waals surface area contributed by atoms with Crippen LogP contribution in [0.5, 0.6) is 0 Å². The lowest BCUT2D eigenvalue weighted by atomic mass is 9.88. The SMILES string of the molecule is NNc1ncc(Cl)c(NC2CCc3ccccc3C2)n1. The lowest BCUT2D eigenvalue weighted by molar-refractivity contribution is 0.609. The Morgan fingerprint density at radius 3 is 2.85 bits per heavy atom. The van der Waals surface area contributed by atoms with Gasteiger partial charge in [-0.2, -0.15) is 4.98 Å². The Bertz CT molecular complexity index is 616. The van der Waals surface area contributed by atoms with Gasteiger partial charge >= 0.3 is 0 Å². The van der Waals surface area contributed by atoms with Gasteiger partial charge in [0.15, 0.2) is 5.82 Å². The molecule has 0 radical (unpaired) electrons. The summed E-state index contributed by atoms with van der Waals surface area (Å²) in [5.74, 6) is 6.30. The molecule has 104 valence electrons. The van der Waals surface area contributed by atoms with Gasteiger partial charge in [0.25, 0.3) is 0 Å². The lowest BCUT2D eigenvalue weighted by Gasteiger charge is -2.26. The molecule has 0 fully saturated rings. The van der Waals surface area contributed by atoms with E-state index in [1.807, 2.05) is 0 Å². The first kappa shape index (κ1) is 13.1. The molecule has 5 nitrogen and oxygen atoms in total. The summed E-state index contributed by atoms with van der Waals surface area (Å²) in [4.78, 5) is 8.22. The van der Waals surface area contributed by atoms with Crippen LogP contribution in [0.3, 0.4) is 0 Å². The van der Waals surface area contributed by atoms with E-state index in [9.17, 15) is 0 Å². The number of anilines is 2. The molecule has 1 heterocycles. The fourth-order valence-electron chi connectivity index (χ4n) is 2.55. The van der Waals surface area contributed by atoms with Crippen molar-refractivity contribution in [1.29, 1.82) is 0 Å². The van der Waals surface area contributed by atoms with Gasteiger partial charge in [0.05, 0.1) is 6.20 Å². The molecule has 0 bridgehead atoms. The lowest BCUT2D eigenvalue weighted by Crippen LogP contribution is -2.28. The van der Waals surface area contributed by atoms with Crippen molar-refractivity contribution in [2.45, 2.75) is 25.3 Å². The quantitative estimate of drug-likeness (QED) is 0.597. The number of hydrazine groups is 1. The van der Waals surface area contributed by atoms with Crippen LogP contribution in [0.2, 0.25) is 5.02 Å². The molecule has 1 aromatic carbocycles. The number of fused-ring (bicyclic) bond motifs is 1. The van der Waals surface area contributed by atoms with Gasteiger partial charge in [-0.1, -0.05) is 35.9 Å². The van der Waals surface area contributed by atoms with Crippen molar-refractivity contribution in [3.63, 3.8) is 0 Å². The van der Waals surface area contributed by atoms with E-state index in [1.165, 1.54) is 11.1 Å². The molecular weight excluding hydrogens is 274 g/mol. The van der Waals surface area contributed by atoms with Crippen LogP contribution < -0.4 is 16.6 Å². The van der Waals surface area contributed by atoms with Crippen molar-refractivity contribution < 1.29 is 0 Å². The van der Waals surface area contributed by atoms with Crippen LogP contribution in [0.15, 0.2) is 30.5 Å². The number of nitrogens with zero attached hydrogens (tertiary/aromatic N) is 2. The van der Waals surface area contributed by atoms with Crippen LogP contribution in [0.1, 0.15) is 17.5 Å². The van der Waals surface area contributed by atoms with E-state index in [4.69, 9.17) is 17.4 Å².